The van der Waals surface area contributed by atoms with Gasteiger partial charge >= 0.3 is 0 Å². The fourth-order valence-electron chi connectivity index (χ4n) is 3.07. The summed E-state index contributed by atoms with van der Waals surface area (Å²) in [7, 11) is 0. The largest absolute Gasteiger partial charge is 0.363 e. The minimum atomic E-state index is 0.237. The zero-order valence-electron chi connectivity index (χ0n) is 12.0. The number of aryl methyl sites for hydroxylation is 2. The maximum Gasteiger partial charge on any atom is 0.138 e. The Balaban J connectivity index is 1.74. The molecule has 0 fully saturated rings. The number of aromatic nitrogens is 2. The topological polar surface area (TPSA) is 37.8 Å². The van der Waals surface area contributed by atoms with Gasteiger partial charge in [0.05, 0.1) is 5.39 Å². The molecule has 0 unspecified atom stereocenters. The van der Waals surface area contributed by atoms with Gasteiger partial charge in [-0.25, -0.2) is 9.97 Å². The number of anilines is 1. The Bertz CT molecular complexity index is 779. The third-order valence-corrected chi connectivity index (χ3v) is 5.35. The molecular weight excluding hydrogens is 278 g/mol. The average Bonchev–Trinajstić information content (AvgIpc) is 3.09. The van der Waals surface area contributed by atoms with Crippen LogP contribution in [0, 0.1) is 0 Å². The van der Waals surface area contributed by atoms with E-state index in [2.05, 4.69) is 46.5 Å². The van der Waals surface area contributed by atoms with Crippen LogP contribution in [0.4, 0.5) is 5.82 Å². The normalized spacial score (nSPS) is 15.1. The molecule has 1 atom stereocenters. The van der Waals surface area contributed by atoms with E-state index < -0.39 is 0 Å². The maximum atomic E-state index is 4.51. The van der Waals surface area contributed by atoms with E-state index in [1.165, 1.54) is 34.2 Å². The molecule has 2 aromatic heterocycles. The Labute approximate surface area is 128 Å². The van der Waals surface area contributed by atoms with Gasteiger partial charge in [-0.3, -0.25) is 0 Å². The summed E-state index contributed by atoms with van der Waals surface area (Å²) in [5.41, 5.74) is 2.74. The Morgan fingerprint density at radius 1 is 1.14 bits per heavy atom. The molecule has 1 aliphatic rings. The van der Waals surface area contributed by atoms with Gasteiger partial charge in [-0.05, 0) is 37.3 Å². The number of hydrogen-bond donors (Lipinski definition) is 1. The predicted molar refractivity (Wildman–Crippen MR) is 87.9 cm³/mol. The molecule has 4 rings (SSSR count). The highest BCUT2D eigenvalue weighted by atomic mass is 32.1. The van der Waals surface area contributed by atoms with Crippen molar-refractivity contribution in [1.29, 1.82) is 0 Å². The van der Waals surface area contributed by atoms with Gasteiger partial charge < -0.3 is 5.32 Å². The molecule has 0 saturated heterocycles. The number of nitrogens with one attached hydrogen (secondary N) is 1. The van der Waals surface area contributed by atoms with Crippen LogP contribution in [0.5, 0.6) is 0 Å². The SMILES string of the molecule is C[C@@H](Nc1ncnc2sc3c(c12)CCC3)c1ccccc1. The summed E-state index contributed by atoms with van der Waals surface area (Å²) in [6, 6.07) is 10.7. The fourth-order valence-corrected chi connectivity index (χ4v) is 4.30. The summed E-state index contributed by atoms with van der Waals surface area (Å²) in [5, 5.41) is 4.82. The number of nitrogens with zero attached hydrogens (tertiary/aromatic N) is 2. The molecule has 21 heavy (non-hydrogen) atoms. The first-order valence-electron chi connectivity index (χ1n) is 7.39. The van der Waals surface area contributed by atoms with Gasteiger partial charge in [0.2, 0.25) is 0 Å². The molecule has 2 heterocycles. The second-order valence-electron chi connectivity index (χ2n) is 5.54. The lowest BCUT2D eigenvalue weighted by Crippen LogP contribution is -2.08. The average molecular weight is 295 g/mol. The Kier molecular flexibility index (Phi) is 3.11. The Morgan fingerprint density at radius 2 is 2.00 bits per heavy atom. The molecule has 3 aromatic rings. The molecule has 0 amide bonds. The summed E-state index contributed by atoms with van der Waals surface area (Å²) in [6.45, 7) is 2.18. The summed E-state index contributed by atoms with van der Waals surface area (Å²) in [4.78, 5) is 11.6. The van der Waals surface area contributed by atoms with Gasteiger partial charge in [-0.15, -0.1) is 11.3 Å². The van der Waals surface area contributed by atoms with Crippen molar-refractivity contribution in [2.75, 3.05) is 5.32 Å². The van der Waals surface area contributed by atoms with E-state index in [-0.39, 0.29) is 6.04 Å². The minimum absolute atomic E-state index is 0.237. The molecule has 0 radical (unpaired) electrons. The third-order valence-electron chi connectivity index (χ3n) is 4.15. The maximum absolute atomic E-state index is 4.51. The predicted octanol–water partition coefficient (Wildman–Crippen LogP) is 4.35. The van der Waals surface area contributed by atoms with E-state index in [1.54, 1.807) is 6.33 Å². The van der Waals surface area contributed by atoms with Crippen LogP contribution >= 0.6 is 11.3 Å². The van der Waals surface area contributed by atoms with Crippen LogP contribution in [-0.2, 0) is 12.8 Å². The molecule has 0 spiro atoms. The molecular formula is C17H17N3S. The van der Waals surface area contributed by atoms with Gasteiger partial charge in [0.25, 0.3) is 0 Å². The first kappa shape index (κ1) is 12.8. The number of hydrogen-bond acceptors (Lipinski definition) is 4. The monoisotopic (exact) mass is 295 g/mol. The second kappa shape index (κ2) is 5.11. The van der Waals surface area contributed by atoms with E-state index in [9.17, 15) is 0 Å². The zero-order valence-corrected chi connectivity index (χ0v) is 12.8. The second-order valence-corrected chi connectivity index (χ2v) is 6.62. The number of benzene rings is 1. The molecule has 1 aromatic carbocycles. The van der Waals surface area contributed by atoms with Crippen LogP contribution in [-0.4, -0.2) is 9.97 Å². The van der Waals surface area contributed by atoms with Crippen LogP contribution in [0.2, 0.25) is 0 Å². The Morgan fingerprint density at radius 3 is 2.86 bits per heavy atom. The van der Waals surface area contributed by atoms with Crippen molar-refractivity contribution in [1.82, 2.24) is 9.97 Å². The lowest BCUT2D eigenvalue weighted by Gasteiger charge is -2.15. The molecule has 0 bridgehead atoms. The lowest BCUT2D eigenvalue weighted by molar-refractivity contribution is 0.875. The summed E-state index contributed by atoms with van der Waals surface area (Å²) in [6.07, 6.45) is 5.30. The fraction of sp³-hybridized carbons (Fsp3) is 0.294. The van der Waals surface area contributed by atoms with E-state index in [1.807, 2.05) is 17.4 Å². The highest BCUT2D eigenvalue weighted by molar-refractivity contribution is 7.19. The molecule has 106 valence electrons. The summed E-state index contributed by atoms with van der Waals surface area (Å²) >= 11 is 1.83. The first-order chi connectivity index (χ1) is 10.3. The van der Waals surface area contributed by atoms with Gasteiger partial charge in [0, 0.05) is 10.9 Å². The van der Waals surface area contributed by atoms with E-state index in [0.717, 1.165) is 17.1 Å². The Hall–Kier alpha value is -1.94. The van der Waals surface area contributed by atoms with Gasteiger partial charge in [-0.1, -0.05) is 30.3 Å². The molecule has 1 aliphatic carbocycles. The zero-order chi connectivity index (χ0) is 14.2. The summed E-state index contributed by atoms with van der Waals surface area (Å²) in [5.74, 6) is 0.982. The van der Waals surface area contributed by atoms with Crippen molar-refractivity contribution < 1.29 is 0 Å². The quantitative estimate of drug-likeness (QED) is 0.780. The molecule has 1 N–H and O–H groups in total. The van der Waals surface area contributed by atoms with Gasteiger partial charge in [0.1, 0.15) is 17.0 Å². The standard InChI is InChI=1S/C17H17N3S/c1-11(12-6-3-2-4-7-12)20-16-15-13-8-5-9-14(13)21-17(15)19-10-18-16/h2-4,6-7,10-11H,5,8-9H2,1H3,(H,18,19,20)/t11-/m1/s1. The minimum Gasteiger partial charge on any atom is -0.363 e. The molecule has 3 nitrogen and oxygen atoms in total. The highest BCUT2D eigenvalue weighted by Gasteiger charge is 2.21. The molecule has 4 heteroatoms. The van der Waals surface area contributed by atoms with Crippen molar-refractivity contribution in [3.8, 4) is 0 Å². The van der Waals surface area contributed by atoms with Crippen molar-refractivity contribution in [3.05, 3.63) is 52.7 Å². The van der Waals surface area contributed by atoms with Crippen LogP contribution in [0.1, 0.15) is 35.4 Å². The smallest absolute Gasteiger partial charge is 0.138 e. The lowest BCUT2D eigenvalue weighted by atomic mass is 10.1. The van der Waals surface area contributed by atoms with Crippen LogP contribution in [0.15, 0.2) is 36.7 Å². The van der Waals surface area contributed by atoms with E-state index in [0.29, 0.717) is 0 Å². The van der Waals surface area contributed by atoms with Crippen molar-refractivity contribution in [2.45, 2.75) is 32.2 Å². The number of fused-ring (bicyclic) bond motifs is 3. The van der Waals surface area contributed by atoms with Crippen molar-refractivity contribution in [2.24, 2.45) is 0 Å². The van der Waals surface area contributed by atoms with Crippen molar-refractivity contribution >= 4 is 27.4 Å². The van der Waals surface area contributed by atoms with Crippen molar-refractivity contribution in [3.63, 3.8) is 0 Å². The summed E-state index contributed by atoms with van der Waals surface area (Å²) < 4.78 is 0. The molecule has 0 aliphatic heterocycles. The highest BCUT2D eigenvalue weighted by Crippen LogP contribution is 2.39. The number of thiophene rings is 1. The first-order valence-corrected chi connectivity index (χ1v) is 8.21. The molecule has 0 saturated carbocycles. The van der Waals surface area contributed by atoms with E-state index in [4.69, 9.17) is 0 Å². The van der Waals surface area contributed by atoms with Gasteiger partial charge in [-0.2, -0.15) is 0 Å². The van der Waals surface area contributed by atoms with E-state index >= 15 is 0 Å². The van der Waals surface area contributed by atoms with Gasteiger partial charge in [0.15, 0.2) is 0 Å². The van der Waals surface area contributed by atoms with Crippen LogP contribution < -0.4 is 5.32 Å². The third kappa shape index (κ3) is 2.20. The van der Waals surface area contributed by atoms with Crippen LogP contribution in [0.3, 0.4) is 0 Å². The number of rotatable bonds is 3. The van der Waals surface area contributed by atoms with Crippen LogP contribution in [0.25, 0.3) is 10.2 Å².